The minimum Gasteiger partial charge on any atom is -0.336 e. The van der Waals surface area contributed by atoms with Gasteiger partial charge in [-0.3, -0.25) is 0 Å². The minimum absolute atomic E-state index is 0.0504. The van der Waals surface area contributed by atoms with Gasteiger partial charge in [0.2, 0.25) is 0 Å². The fourth-order valence-corrected chi connectivity index (χ4v) is 4.47. The molecule has 2 nitrogen and oxygen atoms in total. The molecule has 3 aromatic rings. The lowest BCUT2D eigenvalue weighted by atomic mass is 10.0. The third-order valence-corrected chi connectivity index (χ3v) is 5.75. The van der Waals surface area contributed by atoms with Gasteiger partial charge in [0.05, 0.1) is 6.42 Å². The van der Waals surface area contributed by atoms with E-state index in [2.05, 4.69) is 4.57 Å². The van der Waals surface area contributed by atoms with Crippen molar-refractivity contribution in [1.29, 1.82) is 0 Å². The Hall–Kier alpha value is -1.43. The van der Waals surface area contributed by atoms with Crippen LogP contribution in [0.15, 0.2) is 36.4 Å². The predicted octanol–water partition coefficient (Wildman–Crippen LogP) is 6.69. The van der Waals surface area contributed by atoms with E-state index >= 15 is 0 Å². The van der Waals surface area contributed by atoms with Gasteiger partial charge in [-0.05, 0) is 55.8 Å². The summed E-state index contributed by atoms with van der Waals surface area (Å²) in [5, 5.41) is 3.34. The second kappa shape index (κ2) is 7.19. The molecule has 1 aliphatic rings. The quantitative estimate of drug-likeness (QED) is 0.463. The van der Waals surface area contributed by atoms with Gasteiger partial charge in [-0.2, -0.15) is 13.2 Å². The molecule has 1 saturated heterocycles. The summed E-state index contributed by atoms with van der Waals surface area (Å²) in [4.78, 5) is 1.92. The number of hydrogen-bond acceptors (Lipinski definition) is 1. The molecule has 1 unspecified atom stereocenters. The van der Waals surface area contributed by atoms with Gasteiger partial charge in [0, 0.05) is 51.0 Å². The summed E-state index contributed by atoms with van der Waals surface area (Å²) < 4.78 is 40.1. The smallest absolute Gasteiger partial charge is 0.336 e. The Bertz CT molecular complexity index is 921. The van der Waals surface area contributed by atoms with Gasteiger partial charge in [-0.25, -0.2) is 0 Å². The van der Waals surface area contributed by atoms with Gasteiger partial charge in [-0.15, -0.1) is 0 Å². The van der Waals surface area contributed by atoms with Crippen LogP contribution >= 0.6 is 23.2 Å². The highest BCUT2D eigenvalue weighted by molar-refractivity contribution is 6.33. The molecular weight excluding hydrogens is 396 g/mol. The molecule has 0 aliphatic carbocycles. The van der Waals surface area contributed by atoms with Crippen LogP contribution in [0.25, 0.3) is 21.8 Å². The van der Waals surface area contributed by atoms with Crippen molar-refractivity contribution < 1.29 is 13.2 Å². The Kier molecular flexibility index (Phi) is 5.04. The average molecular weight is 415 g/mol. The predicted molar refractivity (Wildman–Crippen MR) is 105 cm³/mol. The zero-order valence-electron chi connectivity index (χ0n) is 14.6. The number of hydrogen-bond donors (Lipinski definition) is 0. The monoisotopic (exact) mass is 414 g/mol. The molecule has 144 valence electrons. The SMILES string of the molecule is FC(F)(F)CCN1CCCC(n2c3ccc(Cl)cc3c3cc(Cl)ccc32)C1. The van der Waals surface area contributed by atoms with Crippen molar-refractivity contribution in [2.45, 2.75) is 31.5 Å². The Morgan fingerprint density at radius 1 is 0.963 bits per heavy atom. The maximum absolute atomic E-state index is 12.6. The first-order valence-corrected chi connectivity index (χ1v) is 9.75. The molecule has 0 saturated carbocycles. The molecule has 1 aliphatic heterocycles. The summed E-state index contributed by atoms with van der Waals surface area (Å²) >= 11 is 12.4. The molecule has 0 bridgehead atoms. The van der Waals surface area contributed by atoms with Gasteiger partial charge in [0.25, 0.3) is 0 Å². The number of piperidine rings is 1. The van der Waals surface area contributed by atoms with Crippen molar-refractivity contribution in [2.75, 3.05) is 19.6 Å². The molecule has 27 heavy (non-hydrogen) atoms. The number of aromatic nitrogens is 1. The summed E-state index contributed by atoms with van der Waals surface area (Å²) in [5.74, 6) is 0. The third kappa shape index (κ3) is 3.91. The Balaban J connectivity index is 1.73. The average Bonchev–Trinajstić information content (AvgIpc) is 2.93. The van der Waals surface area contributed by atoms with Crippen LogP contribution in [0.3, 0.4) is 0 Å². The van der Waals surface area contributed by atoms with Crippen molar-refractivity contribution in [3.63, 3.8) is 0 Å². The number of halogens is 5. The molecule has 7 heteroatoms. The molecule has 1 aromatic heterocycles. The maximum atomic E-state index is 12.6. The first-order valence-electron chi connectivity index (χ1n) is 9.00. The Labute approximate surface area is 165 Å². The molecule has 2 heterocycles. The molecule has 4 rings (SSSR count). The fourth-order valence-electron chi connectivity index (χ4n) is 4.12. The van der Waals surface area contributed by atoms with Crippen LogP contribution in [0.4, 0.5) is 13.2 Å². The van der Waals surface area contributed by atoms with Crippen molar-refractivity contribution in [1.82, 2.24) is 9.47 Å². The second-order valence-corrected chi connectivity index (χ2v) is 8.03. The minimum atomic E-state index is -4.12. The van der Waals surface area contributed by atoms with Gasteiger partial charge >= 0.3 is 6.18 Å². The standard InChI is InChI=1S/C20H19Cl2F3N2/c21-13-3-5-18-16(10-13)17-11-14(22)4-6-19(17)27(18)15-2-1-8-26(12-15)9-7-20(23,24)25/h3-6,10-11,15H,1-2,7-9,12H2. The number of fused-ring (bicyclic) bond motifs is 3. The van der Waals surface area contributed by atoms with Crippen LogP contribution in [0.2, 0.25) is 10.0 Å². The van der Waals surface area contributed by atoms with Crippen LogP contribution < -0.4 is 0 Å². The summed E-state index contributed by atoms with van der Waals surface area (Å²) in [6.45, 7) is 1.37. The maximum Gasteiger partial charge on any atom is 0.390 e. The van der Waals surface area contributed by atoms with Crippen molar-refractivity contribution in [3.05, 3.63) is 46.4 Å². The van der Waals surface area contributed by atoms with E-state index in [9.17, 15) is 13.2 Å². The molecule has 0 spiro atoms. The van der Waals surface area contributed by atoms with E-state index in [0.717, 1.165) is 34.6 Å². The number of rotatable bonds is 3. The normalized spacial score (nSPS) is 19.2. The highest BCUT2D eigenvalue weighted by Crippen LogP contribution is 2.37. The zero-order chi connectivity index (χ0) is 19.2. The van der Waals surface area contributed by atoms with E-state index in [0.29, 0.717) is 23.1 Å². The summed E-state index contributed by atoms with van der Waals surface area (Å²) in [7, 11) is 0. The molecule has 2 aromatic carbocycles. The van der Waals surface area contributed by atoms with Crippen molar-refractivity contribution in [3.8, 4) is 0 Å². The van der Waals surface area contributed by atoms with Crippen LogP contribution in [0.1, 0.15) is 25.3 Å². The summed E-state index contributed by atoms with van der Waals surface area (Å²) in [5.41, 5.74) is 2.08. The first kappa shape index (κ1) is 18.9. The summed E-state index contributed by atoms with van der Waals surface area (Å²) in [6, 6.07) is 11.7. The first-order chi connectivity index (χ1) is 12.8. The zero-order valence-corrected chi connectivity index (χ0v) is 16.1. The van der Waals surface area contributed by atoms with E-state index in [-0.39, 0.29) is 12.6 Å². The van der Waals surface area contributed by atoms with E-state index in [1.807, 2.05) is 41.3 Å². The fraction of sp³-hybridized carbons (Fsp3) is 0.400. The lowest BCUT2D eigenvalue weighted by Crippen LogP contribution is -2.38. The van der Waals surface area contributed by atoms with Crippen molar-refractivity contribution in [2.24, 2.45) is 0 Å². The highest BCUT2D eigenvalue weighted by atomic mass is 35.5. The lowest BCUT2D eigenvalue weighted by molar-refractivity contribution is -0.138. The number of nitrogens with zero attached hydrogens (tertiary/aromatic N) is 2. The van der Waals surface area contributed by atoms with Crippen LogP contribution in [-0.4, -0.2) is 35.3 Å². The van der Waals surface area contributed by atoms with Crippen molar-refractivity contribution >= 4 is 45.0 Å². The van der Waals surface area contributed by atoms with E-state index < -0.39 is 12.6 Å². The number of alkyl halides is 3. The molecule has 0 N–H and O–H groups in total. The lowest BCUT2D eigenvalue weighted by Gasteiger charge is -2.34. The Morgan fingerprint density at radius 2 is 1.56 bits per heavy atom. The van der Waals surface area contributed by atoms with Crippen LogP contribution in [-0.2, 0) is 0 Å². The topological polar surface area (TPSA) is 8.17 Å². The van der Waals surface area contributed by atoms with Gasteiger partial charge in [0.1, 0.15) is 0 Å². The molecular formula is C20H19Cl2F3N2. The number of benzene rings is 2. The number of likely N-dealkylation sites (tertiary alicyclic amines) is 1. The molecule has 0 amide bonds. The van der Waals surface area contributed by atoms with Crippen LogP contribution in [0.5, 0.6) is 0 Å². The summed E-state index contributed by atoms with van der Waals surface area (Å²) in [6.07, 6.45) is -3.07. The van der Waals surface area contributed by atoms with Crippen LogP contribution in [0, 0.1) is 0 Å². The molecule has 1 atom stereocenters. The molecule has 1 fully saturated rings. The van der Waals surface area contributed by atoms with E-state index in [1.165, 1.54) is 0 Å². The van der Waals surface area contributed by atoms with Gasteiger partial charge in [-0.1, -0.05) is 23.2 Å². The second-order valence-electron chi connectivity index (χ2n) is 7.15. The van der Waals surface area contributed by atoms with E-state index in [4.69, 9.17) is 23.2 Å². The van der Waals surface area contributed by atoms with E-state index in [1.54, 1.807) is 0 Å². The highest BCUT2D eigenvalue weighted by Gasteiger charge is 2.30. The third-order valence-electron chi connectivity index (χ3n) is 5.28. The Morgan fingerprint density at radius 3 is 2.11 bits per heavy atom. The van der Waals surface area contributed by atoms with Gasteiger partial charge < -0.3 is 9.47 Å². The molecule has 0 radical (unpaired) electrons. The van der Waals surface area contributed by atoms with Gasteiger partial charge in [0.15, 0.2) is 0 Å². The largest absolute Gasteiger partial charge is 0.390 e.